The molecule has 19 heavy (non-hydrogen) atoms. The molecule has 0 atom stereocenters. The summed E-state index contributed by atoms with van der Waals surface area (Å²) < 4.78 is 5.46. The number of nitrogens with one attached hydrogen (secondary N) is 1. The summed E-state index contributed by atoms with van der Waals surface area (Å²) in [4.78, 5) is 13.2. The summed E-state index contributed by atoms with van der Waals surface area (Å²) >= 11 is 0. The minimum absolute atomic E-state index is 0.0424. The number of rotatable bonds is 6. The molecule has 0 fully saturated rings. The fourth-order valence-corrected chi connectivity index (χ4v) is 1.62. The molecule has 0 bridgehead atoms. The normalized spacial score (nSPS) is 10.1. The number of aliphatic hydroxyl groups excluding tert-OH is 1. The van der Waals surface area contributed by atoms with E-state index in [0.717, 1.165) is 11.3 Å². The molecule has 5 heteroatoms. The molecule has 0 aromatic heterocycles. The predicted molar refractivity (Wildman–Crippen MR) is 74.3 cm³/mol. The quantitative estimate of drug-likeness (QED) is 0.770. The second-order valence-corrected chi connectivity index (χ2v) is 4.32. The van der Waals surface area contributed by atoms with Gasteiger partial charge in [0.05, 0.1) is 6.61 Å². The summed E-state index contributed by atoms with van der Waals surface area (Å²) in [5.74, 6) is 0.730. The van der Waals surface area contributed by atoms with Gasteiger partial charge in [-0.3, -0.25) is 0 Å². The average molecular weight is 266 g/mol. The van der Waals surface area contributed by atoms with Gasteiger partial charge in [-0.05, 0) is 44.0 Å². The molecule has 0 aliphatic carbocycles. The molecule has 0 aliphatic rings. The number of aryl methyl sites for hydroxylation is 2. The number of nitrogens with zero attached hydrogens (tertiary/aromatic N) is 1. The first-order valence-corrected chi connectivity index (χ1v) is 6.42. The van der Waals surface area contributed by atoms with Crippen LogP contribution in [0.3, 0.4) is 0 Å². The lowest BCUT2D eigenvalue weighted by Gasteiger charge is -2.20. The lowest BCUT2D eigenvalue weighted by Crippen LogP contribution is -2.42. The maximum Gasteiger partial charge on any atom is 0.320 e. The van der Waals surface area contributed by atoms with Crippen LogP contribution in [0, 0.1) is 13.8 Å². The first-order valence-electron chi connectivity index (χ1n) is 6.42. The van der Waals surface area contributed by atoms with Gasteiger partial charge in [0.15, 0.2) is 6.73 Å². The van der Waals surface area contributed by atoms with E-state index >= 15 is 0 Å². The highest BCUT2D eigenvalue weighted by Crippen LogP contribution is 2.15. The van der Waals surface area contributed by atoms with Crippen molar-refractivity contribution < 1.29 is 14.6 Å². The Balaban J connectivity index is 2.40. The number of likely N-dealkylation sites (N-methyl/N-ethyl adjacent to an activating group) is 1. The third-order valence-corrected chi connectivity index (χ3v) is 2.98. The molecule has 0 saturated carbocycles. The molecule has 1 aromatic rings. The van der Waals surface area contributed by atoms with Gasteiger partial charge in [-0.2, -0.15) is 0 Å². The largest absolute Gasteiger partial charge is 0.473 e. The summed E-state index contributed by atoms with van der Waals surface area (Å²) in [7, 11) is 0. The fourth-order valence-electron chi connectivity index (χ4n) is 1.62. The molecule has 5 nitrogen and oxygen atoms in total. The van der Waals surface area contributed by atoms with Gasteiger partial charge in [-0.15, -0.1) is 0 Å². The van der Waals surface area contributed by atoms with E-state index in [4.69, 9.17) is 9.84 Å². The molecular formula is C14H22N2O3. The number of benzene rings is 1. The number of carbonyl (C=O) groups is 1. The zero-order valence-corrected chi connectivity index (χ0v) is 11.8. The first-order chi connectivity index (χ1) is 9.08. The fraction of sp³-hybridized carbons (Fsp3) is 0.500. The van der Waals surface area contributed by atoms with Crippen molar-refractivity contribution in [1.29, 1.82) is 0 Å². The van der Waals surface area contributed by atoms with Gasteiger partial charge in [-0.1, -0.05) is 6.07 Å². The van der Waals surface area contributed by atoms with Gasteiger partial charge in [0.1, 0.15) is 5.75 Å². The van der Waals surface area contributed by atoms with Gasteiger partial charge in [0.2, 0.25) is 0 Å². The number of amides is 2. The predicted octanol–water partition coefficient (Wildman–Crippen LogP) is 1.66. The Morgan fingerprint density at radius 2 is 2.11 bits per heavy atom. The van der Waals surface area contributed by atoms with Crippen molar-refractivity contribution in [2.45, 2.75) is 20.8 Å². The monoisotopic (exact) mass is 266 g/mol. The Morgan fingerprint density at radius 1 is 1.37 bits per heavy atom. The Bertz CT molecular complexity index is 421. The highest BCUT2D eigenvalue weighted by Gasteiger charge is 2.09. The number of carbonyl (C=O) groups excluding carboxylic acids is 1. The van der Waals surface area contributed by atoms with E-state index in [0.29, 0.717) is 13.1 Å². The smallest absolute Gasteiger partial charge is 0.320 e. The summed E-state index contributed by atoms with van der Waals surface area (Å²) in [6.07, 6.45) is 0. The van der Waals surface area contributed by atoms with Crippen LogP contribution in [0.15, 0.2) is 18.2 Å². The molecule has 2 N–H and O–H groups in total. The van der Waals surface area contributed by atoms with E-state index < -0.39 is 0 Å². The number of urea groups is 1. The Morgan fingerprint density at radius 3 is 2.68 bits per heavy atom. The molecule has 0 unspecified atom stereocenters. The molecule has 106 valence electrons. The van der Waals surface area contributed by atoms with Crippen molar-refractivity contribution in [3.05, 3.63) is 29.3 Å². The Hall–Kier alpha value is -1.75. The van der Waals surface area contributed by atoms with Crippen molar-refractivity contribution in [2.75, 3.05) is 26.4 Å². The van der Waals surface area contributed by atoms with E-state index in [9.17, 15) is 4.79 Å². The summed E-state index contributed by atoms with van der Waals surface area (Å²) in [6.45, 7) is 6.86. The first kappa shape index (κ1) is 15.3. The van der Waals surface area contributed by atoms with Crippen molar-refractivity contribution in [2.24, 2.45) is 0 Å². The number of aliphatic hydroxyl groups is 1. The van der Waals surface area contributed by atoms with Gasteiger partial charge in [0, 0.05) is 13.1 Å². The van der Waals surface area contributed by atoms with Gasteiger partial charge < -0.3 is 20.1 Å². The molecule has 0 radical (unpaired) electrons. The molecule has 0 aliphatic heterocycles. The van der Waals surface area contributed by atoms with E-state index in [1.54, 1.807) is 0 Å². The van der Waals surface area contributed by atoms with Crippen LogP contribution in [-0.2, 0) is 0 Å². The SMILES string of the molecule is CCN(CCO)C(=O)NCOc1ccc(C)c(C)c1. The molecule has 0 saturated heterocycles. The highest BCUT2D eigenvalue weighted by atomic mass is 16.5. The van der Waals surface area contributed by atoms with Crippen LogP contribution in [0.1, 0.15) is 18.1 Å². The molecule has 0 heterocycles. The maximum absolute atomic E-state index is 11.7. The van der Waals surface area contributed by atoms with Crippen LogP contribution >= 0.6 is 0 Å². The Kier molecular flexibility index (Phi) is 6.15. The van der Waals surface area contributed by atoms with Crippen LogP contribution in [0.2, 0.25) is 0 Å². The van der Waals surface area contributed by atoms with Gasteiger partial charge >= 0.3 is 6.03 Å². The van der Waals surface area contributed by atoms with Crippen LogP contribution < -0.4 is 10.1 Å². The number of ether oxygens (including phenoxy) is 1. The molecule has 1 aromatic carbocycles. The number of hydrogen-bond donors (Lipinski definition) is 2. The average Bonchev–Trinajstić information content (AvgIpc) is 2.40. The van der Waals surface area contributed by atoms with E-state index in [1.165, 1.54) is 10.5 Å². The topological polar surface area (TPSA) is 61.8 Å². The molecule has 2 amide bonds. The zero-order valence-electron chi connectivity index (χ0n) is 11.8. The van der Waals surface area contributed by atoms with Crippen molar-refractivity contribution in [1.82, 2.24) is 10.2 Å². The molecule has 0 spiro atoms. The van der Waals surface area contributed by atoms with Crippen molar-refractivity contribution in [3.8, 4) is 5.75 Å². The Labute approximate surface area is 114 Å². The van der Waals surface area contributed by atoms with E-state index in [1.807, 2.05) is 39.0 Å². The lowest BCUT2D eigenvalue weighted by molar-refractivity contribution is 0.170. The van der Waals surface area contributed by atoms with Crippen LogP contribution in [0.4, 0.5) is 4.79 Å². The third-order valence-electron chi connectivity index (χ3n) is 2.98. The van der Waals surface area contributed by atoms with E-state index in [2.05, 4.69) is 5.32 Å². The van der Waals surface area contributed by atoms with Gasteiger partial charge in [0.25, 0.3) is 0 Å². The van der Waals surface area contributed by atoms with Crippen LogP contribution in [0.25, 0.3) is 0 Å². The van der Waals surface area contributed by atoms with Crippen LogP contribution in [0.5, 0.6) is 5.75 Å². The van der Waals surface area contributed by atoms with Gasteiger partial charge in [-0.25, -0.2) is 4.79 Å². The lowest BCUT2D eigenvalue weighted by atomic mass is 10.1. The summed E-state index contributed by atoms with van der Waals surface area (Å²) in [5.41, 5.74) is 2.36. The van der Waals surface area contributed by atoms with Crippen molar-refractivity contribution >= 4 is 6.03 Å². The standard InChI is InChI=1S/C14H22N2O3/c1-4-16(7-8-17)14(18)15-10-19-13-6-5-11(2)12(3)9-13/h5-6,9,17H,4,7-8,10H2,1-3H3,(H,15,18). The summed E-state index contributed by atoms with van der Waals surface area (Å²) in [6, 6.07) is 5.56. The maximum atomic E-state index is 11.7. The summed E-state index contributed by atoms with van der Waals surface area (Å²) in [5, 5.41) is 11.5. The second kappa shape index (κ2) is 7.63. The van der Waals surface area contributed by atoms with Crippen LogP contribution in [-0.4, -0.2) is 42.5 Å². The minimum Gasteiger partial charge on any atom is -0.473 e. The molecular weight excluding hydrogens is 244 g/mol. The zero-order chi connectivity index (χ0) is 14.3. The third kappa shape index (κ3) is 4.79. The minimum atomic E-state index is -0.236. The number of hydrogen-bond acceptors (Lipinski definition) is 3. The second-order valence-electron chi connectivity index (χ2n) is 4.32. The van der Waals surface area contributed by atoms with E-state index in [-0.39, 0.29) is 19.4 Å². The van der Waals surface area contributed by atoms with Crippen molar-refractivity contribution in [3.63, 3.8) is 0 Å². The highest BCUT2D eigenvalue weighted by molar-refractivity contribution is 5.73. The molecule has 1 rings (SSSR count).